The smallest absolute Gasteiger partial charge is 0.405 e. The summed E-state index contributed by atoms with van der Waals surface area (Å²) in [5, 5.41) is 16.3. The van der Waals surface area contributed by atoms with E-state index in [4.69, 9.17) is 23.5 Å². The van der Waals surface area contributed by atoms with Gasteiger partial charge in [-0.05, 0) is 63.1 Å². The van der Waals surface area contributed by atoms with Crippen LogP contribution in [-0.2, 0) is 22.6 Å². The third-order valence-corrected chi connectivity index (χ3v) is 6.76. The Morgan fingerprint density at radius 1 is 1.00 bits per heavy atom. The van der Waals surface area contributed by atoms with E-state index in [9.17, 15) is 9.90 Å². The van der Waals surface area contributed by atoms with Crippen molar-refractivity contribution in [3.63, 3.8) is 0 Å². The van der Waals surface area contributed by atoms with Gasteiger partial charge in [0.1, 0.15) is 5.54 Å². The number of hydrogen-bond donors (Lipinski definition) is 2. The Kier molecular flexibility index (Phi) is 7.48. The molecule has 1 amide bonds. The first-order valence-electron chi connectivity index (χ1n) is 13.1. The van der Waals surface area contributed by atoms with E-state index in [2.05, 4.69) is 32.5 Å². The second-order valence-corrected chi connectivity index (χ2v) is 10.3. The van der Waals surface area contributed by atoms with Gasteiger partial charge < -0.3 is 33.9 Å². The van der Waals surface area contributed by atoms with Crippen LogP contribution >= 0.6 is 0 Å². The van der Waals surface area contributed by atoms with E-state index in [1.54, 1.807) is 0 Å². The molecule has 0 bridgehead atoms. The third-order valence-electron chi connectivity index (χ3n) is 6.76. The Labute approximate surface area is 227 Å². The summed E-state index contributed by atoms with van der Waals surface area (Å²) in [7, 11) is 0. The lowest BCUT2D eigenvalue weighted by Crippen LogP contribution is -2.65. The second-order valence-electron chi connectivity index (χ2n) is 10.3. The van der Waals surface area contributed by atoms with Gasteiger partial charge in [-0.25, -0.2) is 4.79 Å². The van der Waals surface area contributed by atoms with Gasteiger partial charge in [0.05, 0.1) is 26.4 Å². The average molecular weight is 539 g/mol. The number of rotatable bonds is 9. The molecule has 2 N–H and O–H groups in total. The molecule has 5 rings (SSSR count). The molecule has 2 aliphatic rings. The predicted octanol–water partition coefficient (Wildman–Crippen LogP) is 4.31. The highest BCUT2D eigenvalue weighted by Gasteiger charge is 2.43. The average Bonchev–Trinajstić information content (AvgIpc) is 3.53. The fourth-order valence-corrected chi connectivity index (χ4v) is 4.92. The number of nitrogens with one attached hydrogen (secondary N) is 1. The molecule has 0 atom stereocenters. The summed E-state index contributed by atoms with van der Waals surface area (Å²) in [5.41, 5.74) is 3.02. The first kappa shape index (κ1) is 26.9. The molecule has 0 radical (unpaired) electrons. The van der Waals surface area contributed by atoms with Crippen molar-refractivity contribution in [3.8, 4) is 34.3 Å². The van der Waals surface area contributed by atoms with Gasteiger partial charge in [0.15, 0.2) is 17.3 Å². The van der Waals surface area contributed by atoms with Gasteiger partial charge >= 0.3 is 6.09 Å². The zero-order valence-electron chi connectivity index (χ0n) is 22.7. The Balaban J connectivity index is 1.31. The highest BCUT2D eigenvalue weighted by Crippen LogP contribution is 2.34. The van der Waals surface area contributed by atoms with Crippen molar-refractivity contribution < 1.29 is 33.4 Å². The number of aromatic nitrogens is 2. The number of ether oxygens (including phenoxy) is 4. The Morgan fingerprint density at radius 3 is 2.41 bits per heavy atom. The van der Waals surface area contributed by atoms with Gasteiger partial charge in [0.25, 0.3) is 5.89 Å². The molecule has 11 nitrogen and oxygen atoms in total. The van der Waals surface area contributed by atoms with E-state index < -0.39 is 17.4 Å². The summed E-state index contributed by atoms with van der Waals surface area (Å²) < 4.78 is 28.6. The standard InChI is InChI=1S/C28H34N4O7/c1-5-35-22-10-9-19(12-23(22)36-6-2)25-29-24(31-39-25)18-7-8-20-13-32(14-21(20)11-18)15-28(30-26(33)34)16-37-27(3,4)38-17-28/h7-12,30H,5-6,13-17H2,1-4H3,(H,33,34). The van der Waals surface area contributed by atoms with Crippen molar-refractivity contribution in [2.24, 2.45) is 0 Å². The minimum absolute atomic E-state index is 0.229. The van der Waals surface area contributed by atoms with Crippen LogP contribution in [0.3, 0.4) is 0 Å². The lowest BCUT2D eigenvalue weighted by atomic mass is 9.99. The highest BCUT2D eigenvalue weighted by molar-refractivity contribution is 5.66. The monoisotopic (exact) mass is 538 g/mol. The minimum atomic E-state index is -1.10. The first-order chi connectivity index (χ1) is 18.7. The lowest BCUT2D eigenvalue weighted by Gasteiger charge is -2.44. The van der Waals surface area contributed by atoms with Gasteiger partial charge in [0.2, 0.25) is 5.82 Å². The number of benzene rings is 2. The molecule has 1 saturated heterocycles. The van der Waals surface area contributed by atoms with Crippen molar-refractivity contribution >= 4 is 6.09 Å². The molecule has 1 aromatic heterocycles. The summed E-state index contributed by atoms with van der Waals surface area (Å²) in [4.78, 5) is 18.4. The van der Waals surface area contributed by atoms with Crippen molar-refractivity contribution in [1.82, 2.24) is 20.4 Å². The normalized spacial score (nSPS) is 17.9. The van der Waals surface area contributed by atoms with Crippen LogP contribution in [0.2, 0.25) is 0 Å². The fourth-order valence-electron chi connectivity index (χ4n) is 4.92. The van der Waals surface area contributed by atoms with Gasteiger partial charge in [-0.1, -0.05) is 17.3 Å². The van der Waals surface area contributed by atoms with Gasteiger partial charge in [-0.2, -0.15) is 4.98 Å². The largest absolute Gasteiger partial charge is 0.490 e. The molecule has 0 saturated carbocycles. The van der Waals surface area contributed by atoms with E-state index in [1.165, 1.54) is 5.56 Å². The maximum absolute atomic E-state index is 11.6. The van der Waals surface area contributed by atoms with E-state index in [-0.39, 0.29) is 13.2 Å². The van der Waals surface area contributed by atoms with Crippen LogP contribution in [0.25, 0.3) is 22.8 Å². The molecule has 3 aromatic rings. The van der Waals surface area contributed by atoms with Crippen molar-refractivity contribution in [3.05, 3.63) is 47.5 Å². The van der Waals surface area contributed by atoms with Crippen LogP contribution in [0.4, 0.5) is 4.79 Å². The summed E-state index contributed by atoms with van der Waals surface area (Å²) in [6, 6.07) is 11.6. The van der Waals surface area contributed by atoms with Crippen LogP contribution in [0.5, 0.6) is 11.5 Å². The number of carboxylic acid groups (broad SMARTS) is 1. The quantitative estimate of drug-likeness (QED) is 0.407. The van der Waals surface area contributed by atoms with Crippen molar-refractivity contribution in [2.45, 2.75) is 52.1 Å². The summed E-state index contributed by atoms with van der Waals surface area (Å²) >= 11 is 0. The van der Waals surface area contributed by atoms with Gasteiger partial charge in [-0.3, -0.25) is 4.90 Å². The fraction of sp³-hybridized carbons (Fsp3) is 0.464. The zero-order chi connectivity index (χ0) is 27.6. The molecular formula is C28H34N4O7. The molecular weight excluding hydrogens is 504 g/mol. The SMILES string of the molecule is CCOc1ccc(-c2nc(-c3ccc4c(c3)CN(CC3(NC(=O)O)COC(C)(C)OC3)C4)no2)cc1OCC. The van der Waals surface area contributed by atoms with E-state index in [1.807, 2.05) is 52.0 Å². The van der Waals surface area contributed by atoms with Gasteiger partial charge in [0, 0.05) is 30.8 Å². The molecule has 208 valence electrons. The van der Waals surface area contributed by atoms with Gasteiger partial charge in [-0.15, -0.1) is 0 Å². The van der Waals surface area contributed by atoms with Crippen LogP contribution < -0.4 is 14.8 Å². The van der Waals surface area contributed by atoms with Crippen LogP contribution in [-0.4, -0.2) is 70.5 Å². The molecule has 39 heavy (non-hydrogen) atoms. The Morgan fingerprint density at radius 2 is 1.69 bits per heavy atom. The van der Waals surface area contributed by atoms with E-state index in [0.29, 0.717) is 56.1 Å². The third kappa shape index (κ3) is 6.00. The van der Waals surface area contributed by atoms with E-state index in [0.717, 1.165) is 16.7 Å². The molecule has 1 fully saturated rings. The lowest BCUT2D eigenvalue weighted by molar-refractivity contribution is -0.272. The number of fused-ring (bicyclic) bond motifs is 1. The predicted molar refractivity (Wildman–Crippen MR) is 141 cm³/mol. The maximum Gasteiger partial charge on any atom is 0.405 e. The molecule has 2 aliphatic heterocycles. The molecule has 11 heteroatoms. The van der Waals surface area contributed by atoms with E-state index >= 15 is 0 Å². The topological polar surface area (TPSA) is 128 Å². The maximum atomic E-state index is 11.6. The number of carbonyl (C=O) groups is 1. The molecule has 2 aromatic carbocycles. The highest BCUT2D eigenvalue weighted by atomic mass is 16.7. The first-order valence-corrected chi connectivity index (χ1v) is 13.1. The Hall–Kier alpha value is -3.67. The zero-order valence-corrected chi connectivity index (χ0v) is 22.7. The van der Waals surface area contributed by atoms with Crippen molar-refractivity contribution in [2.75, 3.05) is 33.0 Å². The second kappa shape index (κ2) is 10.8. The van der Waals surface area contributed by atoms with Crippen molar-refractivity contribution in [1.29, 1.82) is 0 Å². The minimum Gasteiger partial charge on any atom is -0.490 e. The molecule has 0 unspecified atom stereocenters. The number of hydrogen-bond acceptors (Lipinski definition) is 9. The Bertz CT molecular complexity index is 1330. The number of nitrogens with zero attached hydrogens (tertiary/aromatic N) is 3. The summed E-state index contributed by atoms with van der Waals surface area (Å²) in [6.45, 7) is 10.8. The van der Waals surface area contributed by atoms with Crippen LogP contribution in [0.15, 0.2) is 40.9 Å². The molecule has 3 heterocycles. The van der Waals surface area contributed by atoms with Crippen LogP contribution in [0, 0.1) is 0 Å². The summed E-state index contributed by atoms with van der Waals surface area (Å²) in [5.74, 6) is 1.42. The molecule has 0 spiro atoms. The number of amides is 1. The van der Waals surface area contributed by atoms with Crippen LogP contribution in [0.1, 0.15) is 38.8 Å². The molecule has 0 aliphatic carbocycles. The summed E-state index contributed by atoms with van der Waals surface area (Å²) in [6.07, 6.45) is -1.10.